The number of nitrogens with zero attached hydrogens (tertiary/aromatic N) is 3. The Bertz CT molecular complexity index is 431. The predicted molar refractivity (Wildman–Crippen MR) is 77.3 cm³/mol. The van der Waals surface area contributed by atoms with Crippen molar-refractivity contribution in [3.05, 3.63) is 18.2 Å². The van der Waals surface area contributed by atoms with Gasteiger partial charge in [-0.15, -0.1) is 0 Å². The highest BCUT2D eigenvalue weighted by Crippen LogP contribution is 2.22. The van der Waals surface area contributed by atoms with E-state index in [4.69, 9.17) is 5.11 Å². The Balaban J connectivity index is 1.75. The molecular formula is C15H25N3O2. The monoisotopic (exact) mass is 279 g/mol. The number of rotatable bonds is 7. The Kier molecular flexibility index (Phi) is 5.59. The molecule has 2 heterocycles. The molecule has 1 aliphatic heterocycles. The zero-order valence-electron chi connectivity index (χ0n) is 12.3. The molecule has 112 valence electrons. The Labute approximate surface area is 120 Å². The van der Waals surface area contributed by atoms with Crippen LogP contribution in [0.25, 0.3) is 0 Å². The minimum Gasteiger partial charge on any atom is -0.396 e. The van der Waals surface area contributed by atoms with Crippen molar-refractivity contribution in [2.45, 2.75) is 58.0 Å². The summed E-state index contributed by atoms with van der Waals surface area (Å²) in [4.78, 5) is 18.5. The summed E-state index contributed by atoms with van der Waals surface area (Å²) < 4.78 is 2.08. The van der Waals surface area contributed by atoms with E-state index >= 15 is 0 Å². The maximum absolute atomic E-state index is 12.3. The molecule has 1 fully saturated rings. The highest BCUT2D eigenvalue weighted by molar-refractivity contribution is 5.76. The van der Waals surface area contributed by atoms with E-state index < -0.39 is 0 Å². The minimum atomic E-state index is 0.221. The average molecular weight is 279 g/mol. The van der Waals surface area contributed by atoms with E-state index in [2.05, 4.69) is 9.55 Å². The highest BCUT2D eigenvalue weighted by atomic mass is 16.3. The number of imidazole rings is 1. The summed E-state index contributed by atoms with van der Waals surface area (Å²) in [5.74, 6) is 1.27. The van der Waals surface area contributed by atoms with Crippen LogP contribution in [0, 0.1) is 6.92 Å². The number of amides is 1. The number of likely N-dealkylation sites (tertiary alicyclic amines) is 1. The Hall–Kier alpha value is -1.36. The van der Waals surface area contributed by atoms with E-state index in [0.29, 0.717) is 12.5 Å². The lowest BCUT2D eigenvalue weighted by molar-refractivity contribution is -0.132. The fourth-order valence-electron chi connectivity index (χ4n) is 2.98. The second-order valence-electron chi connectivity index (χ2n) is 5.52. The largest absolute Gasteiger partial charge is 0.396 e. The molecule has 0 saturated carbocycles. The van der Waals surface area contributed by atoms with Gasteiger partial charge in [0.1, 0.15) is 5.82 Å². The number of carbonyl (C=O) groups excluding carboxylic acids is 1. The first-order chi connectivity index (χ1) is 9.72. The molecule has 0 radical (unpaired) electrons. The second kappa shape index (κ2) is 7.43. The van der Waals surface area contributed by atoms with Gasteiger partial charge in [-0.1, -0.05) is 0 Å². The van der Waals surface area contributed by atoms with Crippen LogP contribution in [0.5, 0.6) is 0 Å². The number of hydrogen-bond acceptors (Lipinski definition) is 3. The molecular weight excluding hydrogens is 254 g/mol. The lowest BCUT2D eigenvalue weighted by Crippen LogP contribution is -2.35. The van der Waals surface area contributed by atoms with Gasteiger partial charge in [0.05, 0.1) is 0 Å². The molecule has 0 aliphatic carbocycles. The zero-order chi connectivity index (χ0) is 14.4. The number of aliphatic hydroxyl groups excluding tert-OH is 1. The molecule has 5 heteroatoms. The van der Waals surface area contributed by atoms with Crippen molar-refractivity contribution in [1.29, 1.82) is 0 Å². The van der Waals surface area contributed by atoms with Gasteiger partial charge in [-0.2, -0.15) is 0 Å². The molecule has 1 atom stereocenters. The van der Waals surface area contributed by atoms with E-state index in [1.54, 1.807) is 6.20 Å². The topological polar surface area (TPSA) is 58.4 Å². The van der Waals surface area contributed by atoms with Gasteiger partial charge in [-0.3, -0.25) is 4.79 Å². The van der Waals surface area contributed by atoms with Crippen LogP contribution in [0.3, 0.4) is 0 Å². The van der Waals surface area contributed by atoms with Crippen molar-refractivity contribution in [3.63, 3.8) is 0 Å². The van der Waals surface area contributed by atoms with Gasteiger partial charge in [0.25, 0.3) is 0 Å². The molecule has 0 spiro atoms. The molecule has 5 nitrogen and oxygen atoms in total. The Morgan fingerprint density at radius 2 is 2.35 bits per heavy atom. The maximum Gasteiger partial charge on any atom is 0.222 e. The average Bonchev–Trinajstić information content (AvgIpc) is 3.06. The molecule has 0 aromatic carbocycles. The van der Waals surface area contributed by atoms with E-state index in [0.717, 1.165) is 51.0 Å². The van der Waals surface area contributed by atoms with Crippen LogP contribution in [0.15, 0.2) is 12.4 Å². The van der Waals surface area contributed by atoms with E-state index in [1.807, 2.05) is 18.0 Å². The lowest BCUT2D eigenvalue weighted by atomic mass is 10.1. The van der Waals surface area contributed by atoms with E-state index in [-0.39, 0.29) is 12.5 Å². The van der Waals surface area contributed by atoms with Crippen LogP contribution in [0.2, 0.25) is 0 Å². The molecule has 1 aliphatic rings. The molecule has 1 aromatic heterocycles. The highest BCUT2D eigenvalue weighted by Gasteiger charge is 2.27. The SMILES string of the molecule is Cc1nccn1CCCC(=O)N1CCCC1CCCO. The molecule has 1 N–H and O–H groups in total. The van der Waals surface area contributed by atoms with Gasteiger partial charge < -0.3 is 14.6 Å². The normalized spacial score (nSPS) is 18.7. The smallest absolute Gasteiger partial charge is 0.222 e. The summed E-state index contributed by atoms with van der Waals surface area (Å²) in [6.45, 7) is 3.94. The number of aryl methyl sites for hydroxylation is 2. The third-order valence-corrected chi connectivity index (χ3v) is 4.11. The molecule has 1 aromatic rings. The Morgan fingerprint density at radius 1 is 1.50 bits per heavy atom. The maximum atomic E-state index is 12.3. The first kappa shape index (κ1) is 15.0. The van der Waals surface area contributed by atoms with Gasteiger partial charge in [-0.05, 0) is 39.0 Å². The molecule has 1 amide bonds. The Morgan fingerprint density at radius 3 is 3.05 bits per heavy atom. The number of carbonyl (C=O) groups is 1. The number of aliphatic hydroxyl groups is 1. The molecule has 1 saturated heterocycles. The van der Waals surface area contributed by atoms with Crippen molar-refractivity contribution >= 4 is 5.91 Å². The summed E-state index contributed by atoms with van der Waals surface area (Å²) in [7, 11) is 0. The van der Waals surface area contributed by atoms with Crippen molar-refractivity contribution in [3.8, 4) is 0 Å². The van der Waals surface area contributed by atoms with Crippen LogP contribution in [0.1, 0.15) is 44.3 Å². The predicted octanol–water partition coefficient (Wildman–Crippen LogP) is 1.74. The van der Waals surface area contributed by atoms with E-state index in [9.17, 15) is 4.79 Å². The molecule has 20 heavy (non-hydrogen) atoms. The van der Waals surface area contributed by atoms with Crippen molar-refractivity contribution in [2.75, 3.05) is 13.2 Å². The van der Waals surface area contributed by atoms with Crippen LogP contribution in [-0.4, -0.2) is 44.7 Å². The van der Waals surface area contributed by atoms with Crippen LogP contribution in [0.4, 0.5) is 0 Å². The molecule has 0 bridgehead atoms. The summed E-state index contributed by atoms with van der Waals surface area (Å²) >= 11 is 0. The lowest BCUT2D eigenvalue weighted by Gasteiger charge is -2.24. The summed E-state index contributed by atoms with van der Waals surface area (Å²) in [6.07, 6.45) is 9.13. The standard InChI is InChI=1S/C15H25N3O2/c1-13-16-8-11-17(13)9-3-7-15(20)18-10-2-5-14(18)6-4-12-19/h8,11,14,19H,2-7,9-10,12H2,1H3. The fraction of sp³-hybridized carbons (Fsp3) is 0.733. The second-order valence-corrected chi connectivity index (χ2v) is 5.52. The van der Waals surface area contributed by atoms with Gasteiger partial charge in [0.15, 0.2) is 0 Å². The van der Waals surface area contributed by atoms with Crippen LogP contribution >= 0.6 is 0 Å². The van der Waals surface area contributed by atoms with Crippen molar-refractivity contribution in [1.82, 2.24) is 14.5 Å². The fourth-order valence-corrected chi connectivity index (χ4v) is 2.98. The number of aromatic nitrogens is 2. The van der Waals surface area contributed by atoms with Gasteiger partial charge in [-0.25, -0.2) is 4.98 Å². The third-order valence-electron chi connectivity index (χ3n) is 4.11. The molecule has 1 unspecified atom stereocenters. The van der Waals surface area contributed by atoms with Crippen molar-refractivity contribution in [2.24, 2.45) is 0 Å². The number of hydrogen-bond donors (Lipinski definition) is 1. The third kappa shape index (κ3) is 3.82. The minimum absolute atomic E-state index is 0.221. The van der Waals surface area contributed by atoms with Gasteiger partial charge in [0.2, 0.25) is 5.91 Å². The van der Waals surface area contributed by atoms with Gasteiger partial charge >= 0.3 is 0 Å². The summed E-state index contributed by atoms with van der Waals surface area (Å²) in [6, 6.07) is 0.352. The molecule has 2 rings (SSSR count). The first-order valence-corrected chi connectivity index (χ1v) is 7.60. The van der Waals surface area contributed by atoms with Crippen LogP contribution < -0.4 is 0 Å². The first-order valence-electron chi connectivity index (χ1n) is 7.60. The van der Waals surface area contributed by atoms with Crippen molar-refractivity contribution < 1.29 is 9.90 Å². The quantitative estimate of drug-likeness (QED) is 0.827. The zero-order valence-corrected chi connectivity index (χ0v) is 12.3. The van der Waals surface area contributed by atoms with Crippen LogP contribution in [-0.2, 0) is 11.3 Å². The summed E-state index contributed by atoms with van der Waals surface area (Å²) in [5, 5.41) is 8.91. The summed E-state index contributed by atoms with van der Waals surface area (Å²) in [5.41, 5.74) is 0. The van der Waals surface area contributed by atoms with E-state index in [1.165, 1.54) is 0 Å². The van der Waals surface area contributed by atoms with Gasteiger partial charge in [0, 0.05) is 44.6 Å².